The third-order valence-electron chi connectivity index (χ3n) is 2.47. The molecule has 0 heterocycles. The number of ether oxygens (including phenoxy) is 1. The fourth-order valence-corrected chi connectivity index (χ4v) is 1.57. The van der Waals surface area contributed by atoms with E-state index in [1.54, 1.807) is 12.1 Å². The molecule has 0 amide bonds. The topological polar surface area (TPSA) is 29.5 Å². The summed E-state index contributed by atoms with van der Waals surface area (Å²) in [6, 6.07) is 11.2. The second-order valence-corrected chi connectivity index (χ2v) is 3.82. The molecule has 2 nitrogen and oxygen atoms in total. The van der Waals surface area contributed by atoms with Crippen LogP contribution in [0.2, 0.25) is 0 Å². The van der Waals surface area contributed by atoms with E-state index >= 15 is 0 Å². The summed E-state index contributed by atoms with van der Waals surface area (Å²) < 4.78 is 32.2. The van der Waals surface area contributed by atoms with Crippen molar-refractivity contribution in [1.82, 2.24) is 0 Å². The number of rotatable bonds is 4. The van der Waals surface area contributed by atoms with E-state index in [-0.39, 0.29) is 12.2 Å². The predicted molar refractivity (Wildman–Crippen MR) is 63.1 cm³/mol. The van der Waals surface area contributed by atoms with Crippen LogP contribution in [0.1, 0.15) is 11.1 Å². The Morgan fingerprint density at radius 1 is 0.944 bits per heavy atom. The van der Waals surface area contributed by atoms with Gasteiger partial charge in [-0.05, 0) is 23.3 Å². The molecule has 0 spiro atoms. The van der Waals surface area contributed by atoms with Crippen molar-refractivity contribution in [3.63, 3.8) is 0 Å². The van der Waals surface area contributed by atoms with Gasteiger partial charge < -0.3 is 9.84 Å². The van der Waals surface area contributed by atoms with Crippen LogP contribution in [-0.4, -0.2) is 5.11 Å². The molecule has 0 aliphatic rings. The third-order valence-corrected chi connectivity index (χ3v) is 2.47. The first-order valence-electron chi connectivity index (χ1n) is 5.46. The van der Waals surface area contributed by atoms with Crippen LogP contribution < -0.4 is 4.74 Å². The van der Waals surface area contributed by atoms with Crippen LogP contribution in [0.4, 0.5) is 8.78 Å². The van der Waals surface area contributed by atoms with E-state index in [0.717, 1.165) is 17.7 Å². The smallest absolute Gasteiger partial charge is 0.191 e. The first kappa shape index (κ1) is 12.5. The van der Waals surface area contributed by atoms with E-state index in [4.69, 9.17) is 9.84 Å². The summed E-state index contributed by atoms with van der Waals surface area (Å²) in [4.78, 5) is 0. The fraction of sp³-hybridized carbons (Fsp3) is 0.143. The summed E-state index contributed by atoms with van der Waals surface area (Å²) in [5.41, 5.74) is 1.000. The zero-order chi connectivity index (χ0) is 13.0. The zero-order valence-corrected chi connectivity index (χ0v) is 9.57. The first-order valence-corrected chi connectivity index (χ1v) is 5.46. The lowest BCUT2D eigenvalue weighted by Crippen LogP contribution is -2.01. The molecule has 1 N–H and O–H groups in total. The minimum absolute atomic E-state index is 0.0904. The van der Waals surface area contributed by atoms with Gasteiger partial charge >= 0.3 is 0 Å². The lowest BCUT2D eigenvalue weighted by atomic mass is 10.2. The van der Waals surface area contributed by atoms with Gasteiger partial charge in [-0.1, -0.05) is 30.3 Å². The van der Waals surface area contributed by atoms with Crippen LogP contribution >= 0.6 is 0 Å². The minimum atomic E-state index is -0.810. The Balaban J connectivity index is 2.15. The molecule has 18 heavy (non-hydrogen) atoms. The summed E-state index contributed by atoms with van der Waals surface area (Å²) in [5.74, 6) is -2.04. The Bertz CT molecular complexity index is 504. The first-order chi connectivity index (χ1) is 8.70. The number of hydrogen-bond donors (Lipinski definition) is 1. The number of halogens is 2. The molecule has 94 valence electrons. The molecular formula is C14H12F2O2. The number of hydrogen-bond acceptors (Lipinski definition) is 2. The van der Waals surface area contributed by atoms with E-state index in [2.05, 4.69) is 0 Å². The highest BCUT2D eigenvalue weighted by molar-refractivity contribution is 5.31. The Hall–Kier alpha value is -1.94. The zero-order valence-electron chi connectivity index (χ0n) is 9.57. The molecule has 0 unspecified atom stereocenters. The van der Waals surface area contributed by atoms with E-state index in [1.165, 1.54) is 0 Å². The Kier molecular flexibility index (Phi) is 3.89. The van der Waals surface area contributed by atoms with Crippen molar-refractivity contribution in [2.24, 2.45) is 0 Å². The quantitative estimate of drug-likeness (QED) is 0.903. The molecule has 4 heteroatoms. The van der Waals surface area contributed by atoms with Crippen molar-refractivity contribution in [3.05, 3.63) is 65.2 Å². The molecule has 0 fully saturated rings. The second kappa shape index (κ2) is 5.60. The highest BCUT2D eigenvalue weighted by Gasteiger charge is 2.12. The van der Waals surface area contributed by atoms with Gasteiger partial charge in [0.05, 0.1) is 6.61 Å². The van der Waals surface area contributed by atoms with Gasteiger partial charge in [-0.15, -0.1) is 0 Å². The average Bonchev–Trinajstić information content (AvgIpc) is 2.38. The van der Waals surface area contributed by atoms with Gasteiger partial charge in [-0.3, -0.25) is 0 Å². The van der Waals surface area contributed by atoms with Gasteiger partial charge in [0.25, 0.3) is 0 Å². The molecule has 0 aromatic heterocycles. The van der Waals surface area contributed by atoms with Gasteiger partial charge in [-0.2, -0.15) is 0 Å². The number of aliphatic hydroxyl groups is 1. The van der Waals surface area contributed by atoms with Crippen molar-refractivity contribution in [2.45, 2.75) is 13.2 Å². The van der Waals surface area contributed by atoms with Crippen molar-refractivity contribution in [1.29, 1.82) is 0 Å². The van der Waals surface area contributed by atoms with Gasteiger partial charge in [0, 0.05) is 0 Å². The maximum atomic E-state index is 13.5. The normalized spacial score (nSPS) is 10.4. The van der Waals surface area contributed by atoms with Crippen LogP contribution in [0.3, 0.4) is 0 Å². The number of benzene rings is 2. The van der Waals surface area contributed by atoms with Gasteiger partial charge in [0.1, 0.15) is 6.61 Å². The summed E-state index contributed by atoms with van der Waals surface area (Å²) in [6.45, 7) is -0.319. The van der Waals surface area contributed by atoms with Gasteiger partial charge in [-0.25, -0.2) is 8.78 Å². The molecule has 0 saturated heterocycles. The van der Waals surface area contributed by atoms with E-state index < -0.39 is 24.0 Å². The maximum absolute atomic E-state index is 13.5. The molecule has 0 saturated carbocycles. The summed E-state index contributed by atoms with van der Waals surface area (Å²) in [6.07, 6.45) is 0. The van der Waals surface area contributed by atoms with Crippen LogP contribution in [0.5, 0.6) is 5.75 Å². The van der Waals surface area contributed by atoms with Crippen LogP contribution in [0.15, 0.2) is 42.5 Å². The van der Waals surface area contributed by atoms with Crippen molar-refractivity contribution < 1.29 is 18.6 Å². The summed E-state index contributed by atoms with van der Waals surface area (Å²) >= 11 is 0. The summed E-state index contributed by atoms with van der Waals surface area (Å²) in [7, 11) is 0. The molecule has 0 bridgehead atoms. The largest absolute Gasteiger partial charge is 0.483 e. The SMILES string of the molecule is OCc1cc(F)c(OCc2ccccc2)c(F)c1. The van der Waals surface area contributed by atoms with Crippen LogP contribution in [0, 0.1) is 11.6 Å². The molecule has 2 rings (SSSR count). The molecule has 0 aliphatic carbocycles. The molecular weight excluding hydrogens is 238 g/mol. The Morgan fingerprint density at radius 3 is 2.11 bits per heavy atom. The monoisotopic (exact) mass is 250 g/mol. The minimum Gasteiger partial charge on any atom is -0.483 e. The van der Waals surface area contributed by atoms with Crippen molar-refractivity contribution in [3.8, 4) is 5.75 Å². The molecule has 0 atom stereocenters. The fourth-order valence-electron chi connectivity index (χ4n) is 1.57. The summed E-state index contributed by atoms with van der Waals surface area (Å²) in [5, 5.41) is 8.81. The maximum Gasteiger partial charge on any atom is 0.191 e. The van der Waals surface area contributed by atoms with Gasteiger partial charge in [0.2, 0.25) is 0 Å². The van der Waals surface area contributed by atoms with E-state index in [0.29, 0.717) is 0 Å². The third kappa shape index (κ3) is 2.84. The average molecular weight is 250 g/mol. The molecule has 2 aromatic rings. The Morgan fingerprint density at radius 2 is 1.56 bits per heavy atom. The number of aliphatic hydroxyl groups excluding tert-OH is 1. The predicted octanol–water partition coefficient (Wildman–Crippen LogP) is 3.04. The van der Waals surface area contributed by atoms with Crippen molar-refractivity contribution >= 4 is 0 Å². The molecule has 0 radical (unpaired) electrons. The van der Waals surface area contributed by atoms with E-state index in [1.807, 2.05) is 18.2 Å². The lowest BCUT2D eigenvalue weighted by Gasteiger charge is -2.09. The highest BCUT2D eigenvalue weighted by Crippen LogP contribution is 2.24. The Labute approximate surface area is 103 Å². The molecule has 0 aliphatic heterocycles. The lowest BCUT2D eigenvalue weighted by molar-refractivity contribution is 0.266. The van der Waals surface area contributed by atoms with Gasteiger partial charge in [0.15, 0.2) is 17.4 Å². The standard InChI is InChI=1S/C14H12F2O2/c15-12-6-11(8-17)7-13(16)14(12)18-9-10-4-2-1-3-5-10/h1-7,17H,8-9H2. The van der Waals surface area contributed by atoms with Crippen molar-refractivity contribution in [2.75, 3.05) is 0 Å². The molecule has 2 aromatic carbocycles. The van der Waals surface area contributed by atoms with Crippen LogP contribution in [-0.2, 0) is 13.2 Å². The van der Waals surface area contributed by atoms with Crippen LogP contribution in [0.25, 0.3) is 0 Å². The van der Waals surface area contributed by atoms with E-state index in [9.17, 15) is 8.78 Å². The highest BCUT2D eigenvalue weighted by atomic mass is 19.1. The second-order valence-electron chi connectivity index (χ2n) is 3.82.